The van der Waals surface area contributed by atoms with Gasteiger partial charge >= 0.3 is 5.97 Å². The summed E-state index contributed by atoms with van der Waals surface area (Å²) in [5.74, 6) is -2.14. The maximum absolute atomic E-state index is 12.8. The molecule has 0 aromatic carbocycles. The lowest BCUT2D eigenvalue weighted by molar-refractivity contribution is -0.134. The van der Waals surface area contributed by atoms with Crippen LogP contribution in [0.1, 0.15) is 26.2 Å². The highest BCUT2D eigenvalue weighted by atomic mass is 19.1. The molecule has 0 aliphatic heterocycles. The molecule has 0 spiro atoms. The molecule has 0 bridgehead atoms. The summed E-state index contributed by atoms with van der Waals surface area (Å²) in [6.45, 7) is 1.79. The first-order chi connectivity index (χ1) is 5.16. The van der Waals surface area contributed by atoms with Gasteiger partial charge in [0.1, 0.15) is 0 Å². The van der Waals surface area contributed by atoms with E-state index < -0.39 is 11.8 Å². The molecule has 1 fully saturated rings. The predicted octanol–water partition coefficient (Wildman–Crippen LogP) is 2.11. The third kappa shape index (κ3) is 1.79. The molecule has 0 amide bonds. The zero-order chi connectivity index (χ0) is 8.43. The Labute approximate surface area is 64.7 Å². The number of carboxylic acids is 1. The van der Waals surface area contributed by atoms with Crippen molar-refractivity contribution >= 4 is 5.97 Å². The Morgan fingerprint density at radius 1 is 1.64 bits per heavy atom. The lowest BCUT2D eigenvalue weighted by atomic mass is 10.1. The summed E-state index contributed by atoms with van der Waals surface area (Å²) in [6, 6.07) is 0. The highest BCUT2D eigenvalue weighted by Gasteiger charge is 2.29. The van der Waals surface area contributed by atoms with Crippen LogP contribution in [-0.4, -0.2) is 11.1 Å². The highest BCUT2D eigenvalue weighted by molar-refractivity contribution is 5.85. The van der Waals surface area contributed by atoms with Crippen LogP contribution in [0, 0.1) is 5.92 Å². The van der Waals surface area contributed by atoms with Gasteiger partial charge in [0.15, 0.2) is 0 Å². The minimum Gasteiger partial charge on any atom is -0.476 e. The van der Waals surface area contributed by atoms with Crippen molar-refractivity contribution in [2.75, 3.05) is 0 Å². The average molecular weight is 158 g/mol. The van der Waals surface area contributed by atoms with Crippen molar-refractivity contribution < 1.29 is 14.3 Å². The number of aliphatic carboxylic acids is 1. The molecule has 0 saturated heterocycles. The topological polar surface area (TPSA) is 37.3 Å². The van der Waals surface area contributed by atoms with E-state index >= 15 is 0 Å². The normalized spacial score (nSPS) is 19.5. The van der Waals surface area contributed by atoms with Crippen molar-refractivity contribution in [2.45, 2.75) is 26.2 Å². The minimum absolute atomic E-state index is 0.219. The molecule has 11 heavy (non-hydrogen) atoms. The summed E-state index contributed by atoms with van der Waals surface area (Å²) in [5, 5.41) is 8.33. The van der Waals surface area contributed by atoms with Crippen molar-refractivity contribution in [1.82, 2.24) is 0 Å². The smallest absolute Gasteiger partial charge is 0.364 e. The summed E-state index contributed by atoms with van der Waals surface area (Å²) < 4.78 is 12.8. The maximum Gasteiger partial charge on any atom is 0.364 e. The van der Waals surface area contributed by atoms with Gasteiger partial charge in [0.05, 0.1) is 0 Å². The number of rotatable bonds is 3. The van der Waals surface area contributed by atoms with Crippen LogP contribution in [0.3, 0.4) is 0 Å². The van der Waals surface area contributed by atoms with E-state index in [1.165, 1.54) is 0 Å². The van der Waals surface area contributed by atoms with E-state index in [2.05, 4.69) is 0 Å². The third-order valence-electron chi connectivity index (χ3n) is 1.92. The molecule has 1 aliphatic rings. The van der Waals surface area contributed by atoms with Gasteiger partial charge in [-0.2, -0.15) is 4.39 Å². The van der Waals surface area contributed by atoms with Crippen molar-refractivity contribution in [3.05, 3.63) is 11.4 Å². The van der Waals surface area contributed by atoms with E-state index in [4.69, 9.17) is 5.11 Å². The van der Waals surface area contributed by atoms with Crippen molar-refractivity contribution in [3.8, 4) is 0 Å². The maximum atomic E-state index is 12.8. The van der Waals surface area contributed by atoms with Gasteiger partial charge in [-0.15, -0.1) is 0 Å². The van der Waals surface area contributed by atoms with Crippen LogP contribution in [0.5, 0.6) is 0 Å². The molecule has 0 heterocycles. The molecule has 0 aromatic rings. The Hall–Kier alpha value is -0.860. The van der Waals surface area contributed by atoms with E-state index in [9.17, 15) is 9.18 Å². The Morgan fingerprint density at radius 2 is 2.18 bits per heavy atom. The SMILES string of the molecule is CCC(=C(F)C(=O)O)C1CC1. The average Bonchev–Trinajstić information content (AvgIpc) is 2.72. The van der Waals surface area contributed by atoms with E-state index in [-0.39, 0.29) is 5.92 Å². The number of hydrogen-bond donors (Lipinski definition) is 1. The van der Waals surface area contributed by atoms with Gasteiger partial charge < -0.3 is 5.11 Å². The first-order valence-corrected chi connectivity index (χ1v) is 3.78. The number of hydrogen-bond acceptors (Lipinski definition) is 1. The molecule has 0 radical (unpaired) electrons. The fraction of sp³-hybridized carbons (Fsp3) is 0.625. The van der Waals surface area contributed by atoms with E-state index in [1.54, 1.807) is 6.92 Å². The van der Waals surface area contributed by atoms with Gasteiger partial charge in [-0.1, -0.05) is 6.92 Å². The van der Waals surface area contributed by atoms with E-state index in [0.29, 0.717) is 12.0 Å². The van der Waals surface area contributed by atoms with Gasteiger partial charge in [0.2, 0.25) is 5.83 Å². The Morgan fingerprint density at radius 3 is 2.45 bits per heavy atom. The van der Waals surface area contributed by atoms with Crippen molar-refractivity contribution in [1.29, 1.82) is 0 Å². The molecule has 0 atom stereocenters. The second-order valence-electron chi connectivity index (χ2n) is 2.77. The Kier molecular flexibility index (Phi) is 2.27. The fourth-order valence-corrected chi connectivity index (χ4v) is 1.19. The molecule has 62 valence electrons. The highest BCUT2D eigenvalue weighted by Crippen LogP contribution is 2.39. The summed E-state index contributed by atoms with van der Waals surface area (Å²) in [5.41, 5.74) is 0.484. The summed E-state index contributed by atoms with van der Waals surface area (Å²) in [4.78, 5) is 10.2. The van der Waals surface area contributed by atoms with E-state index in [0.717, 1.165) is 12.8 Å². The molecule has 1 saturated carbocycles. The van der Waals surface area contributed by atoms with Crippen LogP contribution >= 0.6 is 0 Å². The second-order valence-corrected chi connectivity index (χ2v) is 2.77. The molecule has 0 unspecified atom stereocenters. The number of halogens is 1. The first kappa shape index (κ1) is 8.24. The van der Waals surface area contributed by atoms with Crippen LogP contribution < -0.4 is 0 Å². The second kappa shape index (κ2) is 3.03. The van der Waals surface area contributed by atoms with Gasteiger partial charge in [0, 0.05) is 0 Å². The van der Waals surface area contributed by atoms with E-state index in [1.807, 2.05) is 0 Å². The molecule has 2 nitrogen and oxygen atoms in total. The fourth-order valence-electron chi connectivity index (χ4n) is 1.19. The van der Waals surface area contributed by atoms with Gasteiger partial charge in [-0.25, -0.2) is 4.79 Å². The molecular weight excluding hydrogens is 147 g/mol. The molecule has 1 rings (SSSR count). The van der Waals surface area contributed by atoms with Crippen LogP contribution in [0.15, 0.2) is 11.4 Å². The van der Waals surface area contributed by atoms with Crippen LogP contribution in [0.25, 0.3) is 0 Å². The van der Waals surface area contributed by atoms with Crippen molar-refractivity contribution in [2.24, 2.45) is 5.92 Å². The zero-order valence-corrected chi connectivity index (χ0v) is 6.43. The molecule has 0 aromatic heterocycles. The first-order valence-electron chi connectivity index (χ1n) is 3.78. The molecule has 1 aliphatic carbocycles. The number of allylic oxidation sites excluding steroid dienone is 1. The zero-order valence-electron chi connectivity index (χ0n) is 6.43. The predicted molar refractivity (Wildman–Crippen MR) is 38.8 cm³/mol. The molecule has 3 heteroatoms. The van der Waals surface area contributed by atoms with Crippen LogP contribution in [0.4, 0.5) is 4.39 Å². The van der Waals surface area contributed by atoms with Crippen LogP contribution in [0.2, 0.25) is 0 Å². The molecule has 1 N–H and O–H groups in total. The van der Waals surface area contributed by atoms with Gasteiger partial charge in [-0.05, 0) is 30.8 Å². The number of carbonyl (C=O) groups is 1. The standard InChI is InChI=1S/C8H11FO2/c1-2-6(5-3-4-5)7(9)8(10)11/h5H,2-4H2,1H3,(H,10,11). The summed E-state index contributed by atoms with van der Waals surface area (Å²) >= 11 is 0. The molecular formula is C8H11FO2. The summed E-state index contributed by atoms with van der Waals surface area (Å²) in [7, 11) is 0. The largest absolute Gasteiger partial charge is 0.476 e. The Bertz CT molecular complexity index is 204. The van der Waals surface area contributed by atoms with Crippen LogP contribution in [-0.2, 0) is 4.79 Å². The summed E-state index contributed by atoms with van der Waals surface area (Å²) in [6.07, 6.45) is 2.41. The Balaban J connectivity index is 2.77. The minimum atomic E-state index is -1.42. The lowest BCUT2D eigenvalue weighted by Crippen LogP contribution is -2.00. The van der Waals surface area contributed by atoms with Crippen molar-refractivity contribution in [3.63, 3.8) is 0 Å². The van der Waals surface area contributed by atoms with Gasteiger partial charge in [0.25, 0.3) is 0 Å². The monoisotopic (exact) mass is 158 g/mol. The number of carboxylic acid groups (broad SMARTS) is 1. The third-order valence-corrected chi connectivity index (χ3v) is 1.92. The quantitative estimate of drug-likeness (QED) is 0.639. The van der Waals surface area contributed by atoms with Gasteiger partial charge in [-0.3, -0.25) is 0 Å². The lowest BCUT2D eigenvalue weighted by Gasteiger charge is -2.00.